The zero-order valence-corrected chi connectivity index (χ0v) is 12.4. The summed E-state index contributed by atoms with van der Waals surface area (Å²) in [5.74, 6) is -0.556. The molecule has 22 heavy (non-hydrogen) atoms. The molecule has 114 valence electrons. The lowest BCUT2D eigenvalue weighted by atomic mass is 10.1. The molecule has 0 aliphatic heterocycles. The lowest BCUT2D eigenvalue weighted by Gasteiger charge is -2.05. The van der Waals surface area contributed by atoms with Crippen LogP contribution in [0.3, 0.4) is 0 Å². The Kier molecular flexibility index (Phi) is 3.79. The molecule has 0 unspecified atom stereocenters. The Balaban J connectivity index is 2.32. The minimum atomic E-state index is -1.69. The number of fused-ring (bicyclic) bond motifs is 3. The van der Waals surface area contributed by atoms with E-state index in [9.17, 15) is 14.3 Å². The molecule has 0 N–H and O–H groups in total. The van der Waals surface area contributed by atoms with Crippen LogP contribution in [0.5, 0.6) is 5.88 Å². The van der Waals surface area contributed by atoms with Gasteiger partial charge >= 0.3 is 6.04 Å². The molecule has 3 aromatic rings. The Labute approximate surface area is 127 Å². The van der Waals surface area contributed by atoms with E-state index >= 15 is 0 Å². The Bertz CT molecular complexity index is 855. The second-order valence-corrected chi connectivity index (χ2v) is 5.38. The van der Waals surface area contributed by atoms with Gasteiger partial charge in [-0.3, -0.25) is 4.79 Å². The number of pyridine rings is 1. The summed E-state index contributed by atoms with van der Waals surface area (Å²) in [6, 6.07) is 7.68. The van der Waals surface area contributed by atoms with Gasteiger partial charge in [0.15, 0.2) is 0 Å². The number of aryl methyl sites for hydroxylation is 1. The summed E-state index contributed by atoms with van der Waals surface area (Å²) in [5.41, 5.74) is 0.164. The largest absolute Gasteiger partial charge is 0.839 e. The van der Waals surface area contributed by atoms with E-state index in [4.69, 9.17) is 0 Å². The van der Waals surface area contributed by atoms with Crippen LogP contribution in [0, 0.1) is 0 Å². The first-order chi connectivity index (χ1) is 10.6. The van der Waals surface area contributed by atoms with Crippen molar-refractivity contribution in [1.29, 1.82) is 0 Å². The summed E-state index contributed by atoms with van der Waals surface area (Å²) >= 11 is 0. The van der Waals surface area contributed by atoms with Gasteiger partial charge in [0.2, 0.25) is 5.69 Å². The Morgan fingerprint density at radius 2 is 2.05 bits per heavy atom. The molecule has 0 amide bonds. The van der Waals surface area contributed by atoms with Gasteiger partial charge in [-0.25, -0.2) is 4.57 Å². The van der Waals surface area contributed by atoms with Gasteiger partial charge in [0.05, 0.1) is 18.1 Å². The van der Waals surface area contributed by atoms with E-state index in [-0.39, 0.29) is 0 Å². The lowest BCUT2D eigenvalue weighted by molar-refractivity contribution is -0.711. The molecule has 4 nitrogen and oxygen atoms in total. The van der Waals surface area contributed by atoms with Gasteiger partial charge in [-0.15, -0.1) is 0 Å². The van der Waals surface area contributed by atoms with E-state index in [0.29, 0.717) is 12.2 Å². The number of carbonyl (C=O) groups excluding carboxylic acids is 1. The molecular weight excluding hydrogens is 283 g/mol. The normalized spacial score (nSPS) is 11.4. The number of rotatable bonds is 5. The SMILES string of the molecule is CCCCC[n+]1c([O-])c(C(=O)F)n2ccc3ccccc3c21. The maximum Gasteiger partial charge on any atom is 0.374 e. The van der Waals surface area contributed by atoms with Crippen LogP contribution in [0.2, 0.25) is 0 Å². The monoisotopic (exact) mass is 300 g/mol. The van der Waals surface area contributed by atoms with E-state index in [1.165, 1.54) is 8.97 Å². The highest BCUT2D eigenvalue weighted by atomic mass is 19.1. The van der Waals surface area contributed by atoms with Crippen molar-refractivity contribution in [3.63, 3.8) is 0 Å². The topological polar surface area (TPSA) is 48.4 Å². The highest BCUT2D eigenvalue weighted by Crippen LogP contribution is 2.23. The molecule has 0 bridgehead atoms. The first-order valence-corrected chi connectivity index (χ1v) is 7.47. The first-order valence-electron chi connectivity index (χ1n) is 7.47. The van der Waals surface area contributed by atoms with Crippen molar-refractivity contribution in [2.45, 2.75) is 32.7 Å². The Morgan fingerprint density at radius 1 is 1.27 bits per heavy atom. The number of unbranched alkanes of at least 4 members (excludes halogenated alkanes) is 2. The van der Waals surface area contributed by atoms with Gasteiger partial charge in [-0.2, -0.15) is 8.79 Å². The quantitative estimate of drug-likeness (QED) is 0.413. The van der Waals surface area contributed by atoms with Gasteiger partial charge < -0.3 is 5.11 Å². The summed E-state index contributed by atoms with van der Waals surface area (Å²) in [7, 11) is 0. The second-order valence-electron chi connectivity index (χ2n) is 5.38. The molecule has 2 heterocycles. The molecule has 2 aromatic heterocycles. The number of imidazole rings is 1. The average molecular weight is 300 g/mol. The molecule has 0 radical (unpaired) electrons. The van der Waals surface area contributed by atoms with Crippen LogP contribution in [-0.4, -0.2) is 10.4 Å². The van der Waals surface area contributed by atoms with E-state index in [1.807, 2.05) is 24.3 Å². The molecule has 0 spiro atoms. The standard InChI is InChI=1S/C17H17FN2O2/c1-2-3-6-10-20-16-13-8-5-4-7-12(13)9-11-19(16)14(15(18)21)17(20)22/h4-5,7-9,11H,2-3,6,10H2,1H3. The minimum Gasteiger partial charge on any atom is -0.839 e. The molecule has 0 saturated carbocycles. The van der Waals surface area contributed by atoms with E-state index in [0.717, 1.165) is 30.0 Å². The molecule has 5 heteroatoms. The third kappa shape index (κ3) is 2.22. The number of nitrogens with zero attached hydrogens (tertiary/aromatic N) is 2. The number of carbonyl (C=O) groups is 1. The van der Waals surface area contributed by atoms with Crippen LogP contribution in [-0.2, 0) is 6.54 Å². The van der Waals surface area contributed by atoms with Crippen LogP contribution < -0.4 is 9.67 Å². The summed E-state index contributed by atoms with van der Waals surface area (Å²) in [4.78, 5) is 11.3. The predicted octanol–water partition coefficient (Wildman–Crippen LogP) is 2.75. The average Bonchev–Trinajstić information content (AvgIpc) is 2.80. The maximum absolute atomic E-state index is 13.4. The zero-order valence-electron chi connectivity index (χ0n) is 12.4. The van der Waals surface area contributed by atoms with Crippen molar-refractivity contribution in [3.05, 3.63) is 42.2 Å². The van der Waals surface area contributed by atoms with Crippen LogP contribution in [0.15, 0.2) is 36.5 Å². The highest BCUT2D eigenvalue weighted by molar-refractivity contribution is 5.96. The van der Waals surface area contributed by atoms with Gasteiger partial charge in [0.25, 0.3) is 5.65 Å². The number of benzene rings is 1. The Morgan fingerprint density at radius 3 is 2.77 bits per heavy atom. The molecule has 0 aliphatic carbocycles. The number of halogens is 1. The van der Waals surface area contributed by atoms with E-state index in [1.54, 1.807) is 12.3 Å². The number of hydrogen-bond donors (Lipinski definition) is 0. The predicted molar refractivity (Wildman–Crippen MR) is 79.5 cm³/mol. The zero-order chi connectivity index (χ0) is 15.7. The molecule has 3 rings (SSSR count). The summed E-state index contributed by atoms with van der Waals surface area (Å²) in [6.45, 7) is 2.56. The molecular formula is C17H17FN2O2. The minimum absolute atomic E-state index is 0.419. The second kappa shape index (κ2) is 5.75. The van der Waals surface area contributed by atoms with Gasteiger partial charge in [0, 0.05) is 0 Å². The molecule has 0 aliphatic rings. The fourth-order valence-electron chi connectivity index (χ4n) is 2.89. The van der Waals surface area contributed by atoms with Gasteiger partial charge in [-0.05, 0) is 30.4 Å². The highest BCUT2D eigenvalue weighted by Gasteiger charge is 2.26. The van der Waals surface area contributed by atoms with Crippen LogP contribution >= 0.6 is 0 Å². The fourth-order valence-corrected chi connectivity index (χ4v) is 2.89. The van der Waals surface area contributed by atoms with Crippen molar-refractivity contribution in [1.82, 2.24) is 4.40 Å². The molecule has 0 fully saturated rings. The van der Waals surface area contributed by atoms with Crippen LogP contribution in [0.1, 0.15) is 36.7 Å². The van der Waals surface area contributed by atoms with Crippen LogP contribution in [0.4, 0.5) is 4.39 Å². The third-order valence-corrected chi connectivity index (χ3v) is 3.95. The first kappa shape index (κ1) is 14.5. The van der Waals surface area contributed by atoms with E-state index in [2.05, 4.69) is 6.92 Å². The third-order valence-electron chi connectivity index (χ3n) is 3.95. The van der Waals surface area contributed by atoms with Crippen molar-refractivity contribution in [2.75, 3.05) is 0 Å². The molecule has 1 aromatic carbocycles. The van der Waals surface area contributed by atoms with Crippen molar-refractivity contribution in [3.8, 4) is 5.88 Å². The smallest absolute Gasteiger partial charge is 0.374 e. The molecule has 0 saturated heterocycles. The van der Waals surface area contributed by atoms with Crippen LogP contribution in [0.25, 0.3) is 16.4 Å². The number of hydrogen-bond acceptors (Lipinski definition) is 2. The lowest BCUT2D eigenvalue weighted by Crippen LogP contribution is -2.36. The summed E-state index contributed by atoms with van der Waals surface area (Å²) in [6.07, 6.45) is 4.41. The summed E-state index contributed by atoms with van der Waals surface area (Å²) < 4.78 is 16.2. The number of aromatic nitrogens is 2. The van der Waals surface area contributed by atoms with Crippen molar-refractivity contribution >= 4 is 22.5 Å². The molecule has 0 atom stereocenters. The van der Waals surface area contributed by atoms with Crippen molar-refractivity contribution < 1.29 is 18.9 Å². The Hall–Kier alpha value is -2.43. The van der Waals surface area contributed by atoms with Crippen molar-refractivity contribution in [2.24, 2.45) is 0 Å². The van der Waals surface area contributed by atoms with Gasteiger partial charge in [0.1, 0.15) is 5.88 Å². The fraction of sp³-hybridized carbons (Fsp3) is 0.294. The van der Waals surface area contributed by atoms with Gasteiger partial charge in [-0.1, -0.05) is 31.5 Å². The van der Waals surface area contributed by atoms with E-state index < -0.39 is 17.6 Å². The summed E-state index contributed by atoms with van der Waals surface area (Å²) in [5, 5.41) is 14.2. The maximum atomic E-state index is 13.4.